The van der Waals surface area contributed by atoms with Crippen molar-refractivity contribution in [3.05, 3.63) is 109 Å². The lowest BCUT2D eigenvalue weighted by atomic mass is 9.54. The molecule has 13 rings (SSSR count). The molecular weight excluding hydrogens is 779 g/mol. The SMILES string of the molecule is COc1ccc(N(c2ncc3ncn(COC(CC(=O)OC45CC6CC(CC(C6)C4)C5)CC(=O)OC45CC6CC(CC(C6)C4)C5)c3n2)C(c2ccccc2)c2ccccc2)cc1. The Bertz CT molecular complexity index is 2230. The van der Waals surface area contributed by atoms with Gasteiger partial charge >= 0.3 is 11.9 Å². The molecule has 3 aromatic carbocycles. The molecule has 322 valence electrons. The second kappa shape index (κ2) is 16.1. The molecule has 8 aliphatic rings. The van der Waals surface area contributed by atoms with Gasteiger partial charge in [-0.25, -0.2) is 9.97 Å². The molecule has 11 heteroatoms. The van der Waals surface area contributed by atoms with Gasteiger partial charge in [-0.15, -0.1) is 0 Å². The first kappa shape index (κ1) is 39.5. The maximum Gasteiger partial charge on any atom is 0.308 e. The molecule has 0 radical (unpaired) electrons. The summed E-state index contributed by atoms with van der Waals surface area (Å²) in [5, 5.41) is 0. The molecule has 0 aliphatic heterocycles. The van der Waals surface area contributed by atoms with E-state index in [1.165, 1.54) is 38.5 Å². The van der Waals surface area contributed by atoms with Gasteiger partial charge in [0.15, 0.2) is 5.65 Å². The van der Waals surface area contributed by atoms with Gasteiger partial charge in [0.1, 0.15) is 29.2 Å². The number of imidazole rings is 1. The minimum absolute atomic E-state index is 0.0222. The highest BCUT2D eigenvalue weighted by atomic mass is 16.6. The Labute approximate surface area is 363 Å². The second-order valence-electron chi connectivity index (χ2n) is 19.9. The van der Waals surface area contributed by atoms with E-state index >= 15 is 0 Å². The number of methoxy groups -OCH3 is 1. The Balaban J connectivity index is 0.878. The van der Waals surface area contributed by atoms with Crippen LogP contribution in [0.3, 0.4) is 0 Å². The average Bonchev–Trinajstić information content (AvgIpc) is 3.66. The molecule has 8 aliphatic carbocycles. The van der Waals surface area contributed by atoms with Crippen molar-refractivity contribution in [3.63, 3.8) is 0 Å². The summed E-state index contributed by atoms with van der Waals surface area (Å²) in [6.07, 6.45) is 15.9. The van der Waals surface area contributed by atoms with E-state index in [1.54, 1.807) is 19.6 Å². The van der Waals surface area contributed by atoms with Crippen LogP contribution in [0.15, 0.2) is 97.5 Å². The molecule has 0 saturated heterocycles. The molecule has 8 bridgehead atoms. The Morgan fingerprint density at radius 3 is 1.63 bits per heavy atom. The topological polar surface area (TPSA) is 118 Å². The summed E-state index contributed by atoms with van der Waals surface area (Å²) < 4.78 is 26.9. The van der Waals surface area contributed by atoms with Crippen LogP contribution < -0.4 is 9.64 Å². The summed E-state index contributed by atoms with van der Waals surface area (Å²) in [5.74, 6) is 4.52. The minimum Gasteiger partial charge on any atom is -0.497 e. The average molecular weight is 836 g/mol. The zero-order valence-electron chi connectivity index (χ0n) is 35.6. The normalized spacial score (nSPS) is 29.5. The number of esters is 2. The molecule has 0 atom stereocenters. The third kappa shape index (κ3) is 7.86. The van der Waals surface area contributed by atoms with Gasteiger partial charge in [0.05, 0.1) is 44.6 Å². The smallest absolute Gasteiger partial charge is 0.308 e. The predicted molar refractivity (Wildman–Crippen MR) is 233 cm³/mol. The lowest BCUT2D eigenvalue weighted by Gasteiger charge is -2.55. The van der Waals surface area contributed by atoms with E-state index in [1.807, 2.05) is 65.2 Å². The van der Waals surface area contributed by atoms with Crippen molar-refractivity contribution in [2.24, 2.45) is 35.5 Å². The van der Waals surface area contributed by atoms with E-state index in [9.17, 15) is 9.59 Å². The summed E-state index contributed by atoms with van der Waals surface area (Å²) >= 11 is 0. The number of rotatable bonds is 15. The Kier molecular flexibility index (Phi) is 10.3. The first-order valence-corrected chi connectivity index (χ1v) is 23.0. The fourth-order valence-electron chi connectivity index (χ4n) is 13.6. The van der Waals surface area contributed by atoms with E-state index in [2.05, 4.69) is 34.1 Å². The molecule has 5 aromatic rings. The molecule has 2 heterocycles. The van der Waals surface area contributed by atoms with Gasteiger partial charge in [0.2, 0.25) is 5.95 Å². The van der Waals surface area contributed by atoms with E-state index in [4.69, 9.17) is 28.9 Å². The number of carbonyl (C=O) groups excluding carboxylic acids is 2. The molecule has 8 fully saturated rings. The molecule has 0 amide bonds. The molecule has 8 saturated carbocycles. The number of carbonyl (C=O) groups is 2. The van der Waals surface area contributed by atoms with E-state index in [-0.39, 0.29) is 48.8 Å². The highest BCUT2D eigenvalue weighted by molar-refractivity contribution is 5.75. The van der Waals surface area contributed by atoms with Crippen LogP contribution in [0.25, 0.3) is 11.2 Å². The summed E-state index contributed by atoms with van der Waals surface area (Å²) in [6.45, 7) is 0.0241. The number of nitrogens with zero attached hydrogens (tertiary/aromatic N) is 5. The number of ether oxygens (including phenoxy) is 4. The van der Waals surface area contributed by atoms with Crippen LogP contribution >= 0.6 is 0 Å². The van der Waals surface area contributed by atoms with Crippen LogP contribution in [0, 0.1) is 35.5 Å². The zero-order chi connectivity index (χ0) is 41.8. The number of benzene rings is 3. The second-order valence-corrected chi connectivity index (χ2v) is 19.9. The maximum absolute atomic E-state index is 14.0. The van der Waals surface area contributed by atoms with Gasteiger partial charge < -0.3 is 18.9 Å². The standard InChI is InChI=1S/C51H57N5O6/c1-59-42-14-12-41(13-15-42)56(47(39-8-4-2-5-9-39)40-10-6-3-7-11-40)49-52-30-44-48(54-49)55(31-53-44)32-60-43(22-45(57)61-50-24-33-16-34(25-50)18-35(17-33)26-50)23-46(58)62-51-27-36-19-37(28-51)21-38(20-36)29-51/h2-15,30-31,33-38,43,47H,16-29,32H2,1H3. The number of anilines is 2. The van der Waals surface area contributed by atoms with Crippen LogP contribution in [-0.2, 0) is 30.5 Å². The van der Waals surface area contributed by atoms with Crippen LogP contribution in [-0.4, -0.2) is 55.9 Å². The van der Waals surface area contributed by atoms with E-state index < -0.39 is 6.10 Å². The van der Waals surface area contributed by atoms with Crippen molar-refractivity contribution < 1.29 is 28.5 Å². The number of aromatic nitrogens is 4. The van der Waals surface area contributed by atoms with Crippen molar-refractivity contribution >= 4 is 34.7 Å². The molecule has 0 N–H and O–H groups in total. The summed E-state index contributed by atoms with van der Waals surface area (Å²) in [7, 11) is 1.66. The molecule has 62 heavy (non-hydrogen) atoms. The monoisotopic (exact) mass is 835 g/mol. The third-order valence-electron chi connectivity index (χ3n) is 15.3. The van der Waals surface area contributed by atoms with Crippen LogP contribution in [0.4, 0.5) is 11.6 Å². The number of hydrogen-bond acceptors (Lipinski definition) is 10. The highest BCUT2D eigenvalue weighted by Gasteiger charge is 2.54. The van der Waals surface area contributed by atoms with Crippen LogP contribution in [0.5, 0.6) is 5.75 Å². The fourth-order valence-corrected chi connectivity index (χ4v) is 13.6. The maximum atomic E-state index is 14.0. The van der Waals surface area contributed by atoms with Gasteiger partial charge in [-0.3, -0.25) is 19.1 Å². The quantitative estimate of drug-likeness (QED) is 0.0944. The fraction of sp³-hybridized carbons (Fsp3) is 0.510. The van der Waals surface area contributed by atoms with E-state index in [0.29, 0.717) is 52.6 Å². The lowest BCUT2D eigenvalue weighted by molar-refractivity contribution is -0.193. The highest BCUT2D eigenvalue weighted by Crippen LogP contribution is 2.58. The Morgan fingerprint density at radius 1 is 0.677 bits per heavy atom. The molecule has 11 nitrogen and oxygen atoms in total. The van der Waals surface area contributed by atoms with Crippen molar-refractivity contribution in [2.75, 3.05) is 12.0 Å². The van der Waals surface area contributed by atoms with Gasteiger partial charge in [0.25, 0.3) is 0 Å². The molecular formula is C51H57N5O6. The largest absolute Gasteiger partial charge is 0.497 e. The van der Waals surface area contributed by atoms with Crippen molar-refractivity contribution in [1.82, 2.24) is 19.5 Å². The van der Waals surface area contributed by atoms with Crippen molar-refractivity contribution in [3.8, 4) is 5.75 Å². The summed E-state index contributed by atoms with van der Waals surface area (Å²) in [5.41, 5.74) is 3.42. The van der Waals surface area contributed by atoms with Gasteiger partial charge in [-0.2, -0.15) is 4.98 Å². The number of hydrogen-bond donors (Lipinski definition) is 0. The first-order chi connectivity index (χ1) is 30.3. The first-order valence-electron chi connectivity index (χ1n) is 23.0. The molecule has 0 unspecified atom stereocenters. The van der Waals surface area contributed by atoms with Crippen LogP contribution in [0.2, 0.25) is 0 Å². The van der Waals surface area contributed by atoms with Gasteiger partial charge in [-0.05, 0) is 148 Å². The zero-order valence-corrected chi connectivity index (χ0v) is 35.6. The van der Waals surface area contributed by atoms with Crippen molar-refractivity contribution in [1.29, 1.82) is 0 Å². The third-order valence-corrected chi connectivity index (χ3v) is 15.3. The molecule has 0 spiro atoms. The van der Waals surface area contributed by atoms with Crippen LogP contribution in [0.1, 0.15) is 107 Å². The summed E-state index contributed by atoms with van der Waals surface area (Å²) in [4.78, 5) is 44.9. The lowest BCUT2D eigenvalue weighted by Crippen LogP contribution is -2.53. The minimum atomic E-state index is -0.743. The Hall–Kier alpha value is -5.29. The van der Waals surface area contributed by atoms with Gasteiger partial charge in [0, 0.05) is 5.69 Å². The van der Waals surface area contributed by atoms with Gasteiger partial charge in [-0.1, -0.05) is 60.7 Å². The summed E-state index contributed by atoms with van der Waals surface area (Å²) in [6, 6.07) is 28.3. The Morgan fingerprint density at radius 2 is 1.16 bits per heavy atom. The van der Waals surface area contributed by atoms with Crippen molar-refractivity contribution in [2.45, 2.75) is 120 Å². The number of fused-ring (bicyclic) bond motifs is 1. The van der Waals surface area contributed by atoms with E-state index in [0.717, 1.165) is 61.1 Å². The predicted octanol–water partition coefficient (Wildman–Crippen LogP) is 9.91. The molecule has 2 aromatic heterocycles.